The van der Waals surface area contributed by atoms with Crippen LogP contribution in [0.3, 0.4) is 0 Å². The Morgan fingerprint density at radius 1 is 1.27 bits per heavy atom. The van der Waals surface area contributed by atoms with Gasteiger partial charge in [-0.1, -0.05) is 26.2 Å². The highest BCUT2D eigenvalue weighted by Crippen LogP contribution is 1.99. The Morgan fingerprint density at radius 2 is 2.00 bits per heavy atom. The van der Waals surface area contributed by atoms with Gasteiger partial charge in [-0.2, -0.15) is 0 Å². The molecule has 0 spiro atoms. The van der Waals surface area contributed by atoms with Crippen LogP contribution in [0.2, 0.25) is 0 Å². The molecular weight excluding hydrogens is 192 g/mol. The van der Waals surface area contributed by atoms with Gasteiger partial charge in [-0.3, -0.25) is 9.36 Å². The van der Waals surface area contributed by atoms with Crippen LogP contribution in [-0.4, -0.2) is 9.55 Å². The Kier molecular flexibility index (Phi) is 4.34. The summed E-state index contributed by atoms with van der Waals surface area (Å²) in [5.74, 6) is 0. The first-order chi connectivity index (χ1) is 7.15. The largest absolute Gasteiger partial charge is 0.328 e. The number of aromatic nitrogens is 2. The summed E-state index contributed by atoms with van der Waals surface area (Å²) in [5.41, 5.74) is 0.124. The molecule has 0 fully saturated rings. The first kappa shape index (κ1) is 11.8. The molecule has 0 saturated carbocycles. The van der Waals surface area contributed by atoms with Gasteiger partial charge in [0.15, 0.2) is 0 Å². The van der Waals surface area contributed by atoms with Crippen LogP contribution in [0.1, 0.15) is 38.3 Å². The quantitative estimate of drug-likeness (QED) is 0.747. The van der Waals surface area contributed by atoms with Gasteiger partial charge < -0.3 is 4.98 Å². The predicted octanol–water partition coefficient (Wildman–Crippen LogP) is 1.43. The molecule has 0 atom stereocenters. The summed E-state index contributed by atoms with van der Waals surface area (Å²) < 4.78 is 1.27. The van der Waals surface area contributed by atoms with Gasteiger partial charge in [-0.15, -0.1) is 0 Å². The third-order valence-electron chi connectivity index (χ3n) is 2.39. The van der Waals surface area contributed by atoms with Crippen molar-refractivity contribution in [3.05, 3.63) is 32.6 Å². The van der Waals surface area contributed by atoms with Crippen molar-refractivity contribution in [3.8, 4) is 0 Å². The number of aromatic amines is 1. The van der Waals surface area contributed by atoms with Crippen molar-refractivity contribution in [1.82, 2.24) is 9.55 Å². The number of rotatable bonds is 5. The van der Waals surface area contributed by atoms with Crippen molar-refractivity contribution in [1.29, 1.82) is 0 Å². The molecule has 84 valence electrons. The summed E-state index contributed by atoms with van der Waals surface area (Å²) in [6.07, 6.45) is 4.26. The second-order valence-electron chi connectivity index (χ2n) is 3.81. The molecular formula is C11H18N2O2. The van der Waals surface area contributed by atoms with Crippen LogP contribution in [0.25, 0.3) is 0 Å². The molecule has 1 heterocycles. The average Bonchev–Trinajstić information content (AvgIpc) is 2.15. The number of hydrogen-bond donors (Lipinski definition) is 1. The van der Waals surface area contributed by atoms with E-state index in [1.54, 1.807) is 6.92 Å². The molecule has 4 heteroatoms. The van der Waals surface area contributed by atoms with Crippen LogP contribution < -0.4 is 11.2 Å². The van der Waals surface area contributed by atoms with Gasteiger partial charge in [-0.25, -0.2) is 4.79 Å². The van der Waals surface area contributed by atoms with Crippen molar-refractivity contribution >= 4 is 0 Å². The molecule has 0 saturated heterocycles. The second kappa shape index (κ2) is 5.53. The first-order valence-corrected chi connectivity index (χ1v) is 5.46. The van der Waals surface area contributed by atoms with E-state index in [9.17, 15) is 9.59 Å². The molecule has 0 aromatic carbocycles. The van der Waals surface area contributed by atoms with E-state index in [0.29, 0.717) is 12.2 Å². The molecule has 1 aromatic heterocycles. The van der Waals surface area contributed by atoms with E-state index in [2.05, 4.69) is 11.9 Å². The minimum atomic E-state index is -0.295. The second-order valence-corrected chi connectivity index (χ2v) is 3.81. The van der Waals surface area contributed by atoms with Gasteiger partial charge >= 0.3 is 5.69 Å². The van der Waals surface area contributed by atoms with E-state index < -0.39 is 0 Å². The molecule has 15 heavy (non-hydrogen) atoms. The molecule has 0 aliphatic rings. The SMILES string of the molecule is CCCCCCn1c(=O)cc(C)[nH]c1=O. The maximum atomic E-state index is 11.5. The Bertz CT molecular complexity index is 386. The summed E-state index contributed by atoms with van der Waals surface area (Å²) in [4.78, 5) is 25.5. The zero-order valence-corrected chi connectivity index (χ0v) is 9.38. The lowest BCUT2D eigenvalue weighted by atomic mass is 10.2. The fraction of sp³-hybridized carbons (Fsp3) is 0.636. The summed E-state index contributed by atoms with van der Waals surface area (Å²) >= 11 is 0. The molecule has 0 aliphatic carbocycles. The fourth-order valence-corrected chi connectivity index (χ4v) is 1.54. The van der Waals surface area contributed by atoms with E-state index >= 15 is 0 Å². The number of H-pyrrole nitrogens is 1. The Morgan fingerprint density at radius 3 is 2.60 bits per heavy atom. The first-order valence-electron chi connectivity index (χ1n) is 5.46. The van der Waals surface area contributed by atoms with Crippen LogP contribution in [0.5, 0.6) is 0 Å². The molecule has 0 radical (unpaired) electrons. The lowest BCUT2D eigenvalue weighted by Crippen LogP contribution is -2.35. The molecule has 0 aliphatic heterocycles. The summed E-state index contributed by atoms with van der Waals surface area (Å²) in [6, 6.07) is 1.46. The highest BCUT2D eigenvalue weighted by Gasteiger charge is 2.01. The molecule has 1 aromatic rings. The lowest BCUT2D eigenvalue weighted by molar-refractivity contribution is 0.548. The Labute approximate surface area is 89.0 Å². The average molecular weight is 210 g/mol. The smallest absolute Gasteiger partial charge is 0.311 e. The van der Waals surface area contributed by atoms with E-state index in [1.165, 1.54) is 10.6 Å². The Hall–Kier alpha value is -1.32. The van der Waals surface area contributed by atoms with Crippen LogP contribution in [0.4, 0.5) is 0 Å². The lowest BCUT2D eigenvalue weighted by Gasteiger charge is -2.03. The van der Waals surface area contributed by atoms with Gasteiger partial charge in [0.2, 0.25) is 0 Å². The van der Waals surface area contributed by atoms with Gasteiger partial charge in [0.05, 0.1) is 0 Å². The third kappa shape index (κ3) is 3.38. The number of nitrogens with one attached hydrogen (secondary N) is 1. The zero-order valence-electron chi connectivity index (χ0n) is 9.38. The van der Waals surface area contributed by atoms with Crippen molar-refractivity contribution in [3.63, 3.8) is 0 Å². The normalized spacial score (nSPS) is 10.5. The maximum absolute atomic E-state index is 11.5. The molecule has 1 N–H and O–H groups in total. The molecule has 0 unspecified atom stereocenters. The molecule has 4 nitrogen and oxygen atoms in total. The minimum Gasteiger partial charge on any atom is -0.311 e. The number of hydrogen-bond acceptors (Lipinski definition) is 2. The summed E-state index contributed by atoms with van der Waals surface area (Å²) in [6.45, 7) is 4.36. The highest BCUT2D eigenvalue weighted by molar-refractivity contribution is 4.96. The van der Waals surface area contributed by atoms with Crippen molar-refractivity contribution in [2.45, 2.75) is 46.1 Å². The summed E-state index contributed by atoms with van der Waals surface area (Å²) in [5, 5.41) is 0. The number of unbranched alkanes of at least 4 members (excludes halogenated alkanes) is 3. The van der Waals surface area contributed by atoms with Gasteiger partial charge in [0, 0.05) is 18.3 Å². The monoisotopic (exact) mass is 210 g/mol. The van der Waals surface area contributed by atoms with Crippen molar-refractivity contribution < 1.29 is 0 Å². The van der Waals surface area contributed by atoms with Gasteiger partial charge in [0.1, 0.15) is 0 Å². The van der Waals surface area contributed by atoms with Gasteiger partial charge in [0.25, 0.3) is 5.56 Å². The standard InChI is InChI=1S/C11H18N2O2/c1-3-4-5-6-7-13-10(14)8-9(2)12-11(13)15/h8H,3-7H2,1-2H3,(H,12,15). The Balaban J connectivity index is 2.69. The van der Waals surface area contributed by atoms with Crippen LogP contribution in [0, 0.1) is 6.92 Å². The third-order valence-corrected chi connectivity index (χ3v) is 2.39. The van der Waals surface area contributed by atoms with Gasteiger partial charge in [-0.05, 0) is 13.3 Å². The predicted molar refractivity (Wildman–Crippen MR) is 60.2 cm³/mol. The van der Waals surface area contributed by atoms with E-state index in [4.69, 9.17) is 0 Å². The summed E-state index contributed by atoms with van der Waals surface area (Å²) in [7, 11) is 0. The molecule has 0 amide bonds. The van der Waals surface area contributed by atoms with E-state index in [0.717, 1.165) is 25.7 Å². The van der Waals surface area contributed by atoms with Crippen molar-refractivity contribution in [2.24, 2.45) is 0 Å². The fourth-order valence-electron chi connectivity index (χ4n) is 1.54. The maximum Gasteiger partial charge on any atom is 0.328 e. The van der Waals surface area contributed by atoms with Crippen LogP contribution in [0.15, 0.2) is 15.7 Å². The van der Waals surface area contributed by atoms with Crippen molar-refractivity contribution in [2.75, 3.05) is 0 Å². The van der Waals surface area contributed by atoms with E-state index in [1.807, 2.05) is 0 Å². The number of aryl methyl sites for hydroxylation is 1. The molecule has 1 rings (SSSR count). The van der Waals surface area contributed by atoms with E-state index in [-0.39, 0.29) is 11.2 Å². The van der Waals surface area contributed by atoms with Crippen LogP contribution in [-0.2, 0) is 6.54 Å². The highest BCUT2D eigenvalue weighted by atomic mass is 16.2. The topological polar surface area (TPSA) is 54.9 Å². The minimum absolute atomic E-state index is 0.201. The van der Waals surface area contributed by atoms with Crippen LogP contribution >= 0.6 is 0 Å². The zero-order chi connectivity index (χ0) is 11.3. The number of nitrogens with zero attached hydrogens (tertiary/aromatic N) is 1. The molecule has 0 bridgehead atoms.